The Balaban J connectivity index is 1.89. The first-order chi connectivity index (χ1) is 13.8. The summed E-state index contributed by atoms with van der Waals surface area (Å²) in [6, 6.07) is 17.1. The molecule has 1 atom stereocenters. The lowest BCUT2D eigenvalue weighted by Crippen LogP contribution is -2.55. The highest BCUT2D eigenvalue weighted by atomic mass is 16.2. The lowest BCUT2D eigenvalue weighted by Gasteiger charge is -2.37. The van der Waals surface area contributed by atoms with Crippen molar-refractivity contribution < 1.29 is 9.59 Å². The lowest BCUT2D eigenvalue weighted by molar-refractivity contribution is -0.125. The number of amides is 2. The maximum absolute atomic E-state index is 13.2. The molecule has 3 aromatic rings. The smallest absolute Gasteiger partial charge is 0.273 e. The molecule has 2 amide bonds. The second kappa shape index (κ2) is 8.03. The maximum Gasteiger partial charge on any atom is 0.273 e. The topological polar surface area (TPSA) is 62.3 Å². The number of nitrogens with zero attached hydrogens (tertiary/aromatic N) is 2. The fraction of sp³-hybridized carbons (Fsp3) is 0.292. The van der Waals surface area contributed by atoms with Gasteiger partial charge in [0.2, 0.25) is 5.91 Å². The van der Waals surface area contributed by atoms with Crippen LogP contribution in [0.2, 0.25) is 0 Å². The van der Waals surface area contributed by atoms with Gasteiger partial charge in [-0.3, -0.25) is 9.59 Å². The molecule has 0 aliphatic heterocycles. The highest BCUT2D eigenvalue weighted by Crippen LogP contribution is 2.26. The molecule has 0 aliphatic carbocycles. The molecule has 0 fully saturated rings. The number of pyridine rings is 1. The summed E-state index contributed by atoms with van der Waals surface area (Å²) in [7, 11) is 1.66. The Labute approximate surface area is 171 Å². The van der Waals surface area contributed by atoms with Gasteiger partial charge in [-0.05, 0) is 50.5 Å². The highest BCUT2D eigenvalue weighted by Gasteiger charge is 2.39. The van der Waals surface area contributed by atoms with Crippen LogP contribution in [0.3, 0.4) is 0 Å². The summed E-state index contributed by atoms with van der Waals surface area (Å²) in [4.78, 5) is 32.4. The Kier molecular flexibility index (Phi) is 5.69. The molecule has 3 rings (SSSR count). The number of fused-ring (bicyclic) bond motifs is 1. The first-order valence-electron chi connectivity index (χ1n) is 9.79. The molecule has 1 N–H and O–H groups in total. The zero-order chi connectivity index (χ0) is 21.2. The van der Waals surface area contributed by atoms with E-state index in [-0.39, 0.29) is 11.8 Å². The van der Waals surface area contributed by atoms with E-state index in [1.807, 2.05) is 69.3 Å². The summed E-state index contributed by atoms with van der Waals surface area (Å²) in [5, 5.41) is 4.00. The Hall–Kier alpha value is -3.21. The monoisotopic (exact) mass is 389 g/mol. The Morgan fingerprint density at radius 2 is 1.66 bits per heavy atom. The minimum absolute atomic E-state index is 0.214. The highest BCUT2D eigenvalue weighted by molar-refractivity contribution is 6.04. The van der Waals surface area contributed by atoms with Gasteiger partial charge < -0.3 is 10.2 Å². The number of nitrogens with one attached hydrogen (secondary N) is 1. The summed E-state index contributed by atoms with van der Waals surface area (Å²) in [5.41, 5.74) is 2.83. The predicted octanol–water partition coefficient (Wildman–Crippen LogP) is 4.73. The van der Waals surface area contributed by atoms with Gasteiger partial charge in [-0.25, -0.2) is 4.98 Å². The number of hydrogen-bond donors (Lipinski definition) is 1. The van der Waals surface area contributed by atoms with Crippen LogP contribution in [0.1, 0.15) is 41.9 Å². The minimum Gasteiger partial charge on any atom is -0.326 e. The van der Waals surface area contributed by atoms with Crippen molar-refractivity contribution in [1.82, 2.24) is 9.88 Å². The number of rotatable bonds is 5. The molecule has 0 radical (unpaired) electrons. The van der Waals surface area contributed by atoms with Gasteiger partial charge in [0, 0.05) is 18.1 Å². The maximum atomic E-state index is 13.2. The van der Waals surface area contributed by atoms with E-state index in [2.05, 4.69) is 10.3 Å². The van der Waals surface area contributed by atoms with Gasteiger partial charge in [0.25, 0.3) is 5.91 Å². The van der Waals surface area contributed by atoms with E-state index >= 15 is 0 Å². The van der Waals surface area contributed by atoms with Crippen molar-refractivity contribution in [3.05, 3.63) is 71.4 Å². The van der Waals surface area contributed by atoms with Gasteiger partial charge in [0.05, 0.1) is 5.52 Å². The van der Waals surface area contributed by atoms with E-state index < -0.39 is 5.54 Å². The van der Waals surface area contributed by atoms with Crippen molar-refractivity contribution in [2.24, 2.45) is 0 Å². The van der Waals surface area contributed by atoms with Crippen LogP contribution in [0.25, 0.3) is 10.9 Å². The van der Waals surface area contributed by atoms with E-state index in [0.717, 1.165) is 27.7 Å². The number of aromatic nitrogens is 1. The molecule has 5 nitrogen and oxygen atoms in total. The molecule has 5 heteroatoms. The van der Waals surface area contributed by atoms with Crippen LogP contribution in [-0.2, 0) is 4.79 Å². The zero-order valence-corrected chi connectivity index (χ0v) is 17.6. The molecule has 0 spiro atoms. The van der Waals surface area contributed by atoms with Crippen molar-refractivity contribution in [1.29, 1.82) is 0 Å². The van der Waals surface area contributed by atoms with E-state index in [0.29, 0.717) is 12.1 Å². The average molecular weight is 389 g/mol. The predicted molar refractivity (Wildman–Crippen MR) is 117 cm³/mol. The summed E-state index contributed by atoms with van der Waals surface area (Å²) < 4.78 is 0. The van der Waals surface area contributed by atoms with Crippen LogP contribution in [0.5, 0.6) is 0 Å². The SMILES string of the molecule is CC[C@](C)(C(=O)Nc1c(C)cccc1C)N(C)C(=O)c1ccc2ccccc2n1. The van der Waals surface area contributed by atoms with Gasteiger partial charge in [-0.2, -0.15) is 0 Å². The summed E-state index contributed by atoms with van der Waals surface area (Å²) in [5.74, 6) is -0.495. The van der Waals surface area contributed by atoms with Crippen LogP contribution >= 0.6 is 0 Å². The number of para-hydroxylation sites is 2. The number of hydrogen-bond acceptors (Lipinski definition) is 3. The Morgan fingerprint density at radius 3 is 2.31 bits per heavy atom. The number of benzene rings is 2. The van der Waals surface area contributed by atoms with E-state index in [1.54, 1.807) is 20.0 Å². The third-order valence-electron chi connectivity index (χ3n) is 5.76. The van der Waals surface area contributed by atoms with Crippen LogP contribution in [0.15, 0.2) is 54.6 Å². The van der Waals surface area contributed by atoms with Gasteiger partial charge in [0.1, 0.15) is 11.2 Å². The molecule has 1 aromatic heterocycles. The molecular weight excluding hydrogens is 362 g/mol. The fourth-order valence-corrected chi connectivity index (χ4v) is 3.39. The van der Waals surface area contributed by atoms with E-state index in [1.165, 1.54) is 4.90 Å². The molecule has 0 unspecified atom stereocenters. The van der Waals surface area contributed by atoms with Crippen molar-refractivity contribution in [2.75, 3.05) is 12.4 Å². The van der Waals surface area contributed by atoms with Gasteiger partial charge in [-0.1, -0.05) is 49.4 Å². The number of aryl methyl sites for hydroxylation is 2. The molecule has 0 bridgehead atoms. The van der Waals surface area contributed by atoms with Gasteiger partial charge >= 0.3 is 0 Å². The third kappa shape index (κ3) is 3.86. The van der Waals surface area contributed by atoms with Gasteiger partial charge in [-0.15, -0.1) is 0 Å². The Bertz CT molecular complexity index is 1060. The van der Waals surface area contributed by atoms with Crippen LogP contribution in [0, 0.1) is 13.8 Å². The number of anilines is 1. The molecule has 0 saturated carbocycles. The largest absolute Gasteiger partial charge is 0.326 e. The second-order valence-corrected chi connectivity index (χ2v) is 7.60. The molecule has 0 saturated heterocycles. The minimum atomic E-state index is -1.01. The van der Waals surface area contributed by atoms with Crippen LogP contribution < -0.4 is 5.32 Å². The molecule has 0 aliphatic rings. The molecule has 150 valence electrons. The molecule has 1 heterocycles. The number of likely N-dealkylation sites (N-methyl/N-ethyl adjacent to an activating group) is 1. The van der Waals surface area contributed by atoms with Crippen LogP contribution in [-0.4, -0.2) is 34.3 Å². The quantitative estimate of drug-likeness (QED) is 0.686. The molecule has 2 aromatic carbocycles. The standard InChI is InChI=1S/C24H27N3O2/c1-6-24(4,23(29)26-21-16(2)10-9-11-17(21)3)27(5)22(28)20-15-14-18-12-7-8-13-19(18)25-20/h7-15H,6H2,1-5H3,(H,26,29)/t24-/m1/s1. The van der Waals surface area contributed by atoms with Crippen molar-refractivity contribution in [3.63, 3.8) is 0 Å². The third-order valence-corrected chi connectivity index (χ3v) is 5.76. The van der Waals surface area contributed by atoms with Gasteiger partial charge in [0.15, 0.2) is 0 Å². The van der Waals surface area contributed by atoms with E-state index in [9.17, 15) is 9.59 Å². The lowest BCUT2D eigenvalue weighted by atomic mass is 9.94. The Morgan fingerprint density at radius 1 is 1.00 bits per heavy atom. The number of carbonyl (C=O) groups is 2. The zero-order valence-electron chi connectivity index (χ0n) is 17.6. The molecular formula is C24H27N3O2. The van der Waals surface area contributed by atoms with Crippen LogP contribution in [0.4, 0.5) is 5.69 Å². The molecule has 29 heavy (non-hydrogen) atoms. The van der Waals surface area contributed by atoms with Crippen molar-refractivity contribution in [2.45, 2.75) is 39.7 Å². The van der Waals surface area contributed by atoms with Crippen molar-refractivity contribution >= 4 is 28.4 Å². The average Bonchev–Trinajstić information content (AvgIpc) is 2.74. The first-order valence-corrected chi connectivity index (χ1v) is 9.79. The first kappa shape index (κ1) is 20.5. The van der Waals surface area contributed by atoms with E-state index in [4.69, 9.17) is 0 Å². The fourth-order valence-electron chi connectivity index (χ4n) is 3.39. The summed E-state index contributed by atoms with van der Waals surface area (Å²) in [6.45, 7) is 7.61. The normalized spacial score (nSPS) is 13.0. The summed E-state index contributed by atoms with van der Waals surface area (Å²) >= 11 is 0. The number of carbonyl (C=O) groups excluding carboxylic acids is 2. The summed E-state index contributed by atoms with van der Waals surface area (Å²) in [6.07, 6.45) is 0.472. The van der Waals surface area contributed by atoms with Crippen molar-refractivity contribution in [3.8, 4) is 0 Å². The second-order valence-electron chi connectivity index (χ2n) is 7.60.